The molecule has 8 heteroatoms. The molecule has 1 N–H and O–H groups in total. The van der Waals surface area contributed by atoms with Crippen LogP contribution in [0.25, 0.3) is 22.2 Å². The molecule has 0 bridgehead atoms. The quantitative estimate of drug-likeness (QED) is 0.307. The van der Waals surface area contributed by atoms with Gasteiger partial charge in [-0.15, -0.1) is 0 Å². The van der Waals surface area contributed by atoms with Crippen molar-refractivity contribution in [3.05, 3.63) is 97.8 Å². The van der Waals surface area contributed by atoms with E-state index in [1.54, 1.807) is 30.9 Å². The Kier molecular flexibility index (Phi) is 8.57. The number of halogens is 2. The summed E-state index contributed by atoms with van der Waals surface area (Å²) in [5.74, 6) is 0.179. The maximum Gasteiger partial charge on any atom is 0.328 e. The van der Waals surface area contributed by atoms with Crippen LogP contribution in [0.15, 0.2) is 65.5 Å². The van der Waals surface area contributed by atoms with Crippen LogP contribution in [0, 0.1) is 12.8 Å². The number of para-hydroxylation sites is 1. The number of hydrogen-bond acceptors (Lipinski definition) is 5. The van der Waals surface area contributed by atoms with Gasteiger partial charge in [-0.05, 0) is 61.1 Å². The lowest BCUT2D eigenvalue weighted by Crippen LogP contribution is -2.37. The van der Waals surface area contributed by atoms with E-state index >= 15 is 0 Å². The van der Waals surface area contributed by atoms with E-state index in [0.29, 0.717) is 45.5 Å². The number of fused-ring (bicyclic) bond motifs is 1. The highest BCUT2D eigenvalue weighted by Crippen LogP contribution is 2.39. The Bertz CT molecular complexity index is 1560. The van der Waals surface area contributed by atoms with Crippen molar-refractivity contribution in [2.45, 2.75) is 32.7 Å². The van der Waals surface area contributed by atoms with Crippen molar-refractivity contribution in [3.63, 3.8) is 0 Å². The van der Waals surface area contributed by atoms with E-state index in [-0.39, 0.29) is 11.5 Å². The summed E-state index contributed by atoms with van der Waals surface area (Å²) in [6.45, 7) is 8.08. The number of carbonyl (C=O) groups is 1. The van der Waals surface area contributed by atoms with E-state index in [2.05, 4.69) is 18.8 Å². The SMILES string of the molecule is C=C(NC(CC1=CC=C(c2c(OC)c3ccccc3n(C)c2=O)C(C)C1)C(=O)OC)c1c(C)cc(Cl)cc1Cl. The molecular weight excluding hydrogens is 535 g/mol. The van der Waals surface area contributed by atoms with Crippen molar-refractivity contribution < 1.29 is 14.3 Å². The Morgan fingerprint density at radius 1 is 1.21 bits per heavy atom. The van der Waals surface area contributed by atoms with Gasteiger partial charge in [-0.2, -0.15) is 0 Å². The van der Waals surface area contributed by atoms with Gasteiger partial charge in [0.1, 0.15) is 11.8 Å². The van der Waals surface area contributed by atoms with Crippen LogP contribution in [0.5, 0.6) is 5.75 Å². The smallest absolute Gasteiger partial charge is 0.328 e. The summed E-state index contributed by atoms with van der Waals surface area (Å²) in [6.07, 6.45) is 5.00. The molecule has 3 aromatic rings. The number of pyridine rings is 1. The fourth-order valence-electron chi connectivity index (χ4n) is 5.32. The van der Waals surface area contributed by atoms with Crippen LogP contribution in [-0.2, 0) is 16.6 Å². The molecule has 0 spiro atoms. The van der Waals surface area contributed by atoms with Gasteiger partial charge in [-0.3, -0.25) is 4.79 Å². The molecule has 4 rings (SSSR count). The van der Waals surface area contributed by atoms with Gasteiger partial charge in [-0.1, -0.05) is 66.6 Å². The van der Waals surface area contributed by atoms with Gasteiger partial charge in [0.15, 0.2) is 0 Å². The van der Waals surface area contributed by atoms with Gasteiger partial charge < -0.3 is 19.4 Å². The largest absolute Gasteiger partial charge is 0.495 e. The number of nitrogens with one attached hydrogen (secondary N) is 1. The summed E-state index contributed by atoms with van der Waals surface area (Å²) in [5.41, 5.74) is 5.25. The lowest BCUT2D eigenvalue weighted by molar-refractivity contribution is -0.142. The second-order valence-corrected chi connectivity index (χ2v) is 10.7. The fraction of sp³-hybridized carbons (Fsp3) is 0.290. The number of aryl methyl sites for hydroxylation is 2. The summed E-state index contributed by atoms with van der Waals surface area (Å²) < 4.78 is 12.5. The summed E-state index contributed by atoms with van der Waals surface area (Å²) in [7, 11) is 4.73. The van der Waals surface area contributed by atoms with Crippen LogP contribution in [-0.4, -0.2) is 30.8 Å². The topological polar surface area (TPSA) is 69.6 Å². The first-order valence-electron chi connectivity index (χ1n) is 12.6. The second-order valence-electron chi connectivity index (χ2n) is 9.82. The minimum absolute atomic E-state index is 0.0159. The lowest BCUT2D eigenvalue weighted by Gasteiger charge is -2.27. The average molecular weight is 568 g/mol. The monoisotopic (exact) mass is 566 g/mol. The number of esters is 1. The number of rotatable bonds is 8. The van der Waals surface area contributed by atoms with Crippen LogP contribution in [0.3, 0.4) is 0 Å². The summed E-state index contributed by atoms with van der Waals surface area (Å²) in [5, 5.41) is 5.07. The number of hydrogen-bond donors (Lipinski definition) is 1. The standard InChI is InChI=1S/C31H32Cl2N2O4/c1-17-13-20(15-25(31(37)39-6)34-19(3)27-18(2)14-21(32)16-24(27)33)11-12-22(17)28-29(38-5)23-9-7-8-10-26(23)35(4)30(28)36/h7-12,14,16-17,25,34H,3,13,15H2,1-2,4-6H3. The molecule has 0 aliphatic heterocycles. The number of methoxy groups -OCH3 is 2. The number of ether oxygens (including phenoxy) is 2. The van der Waals surface area contributed by atoms with Crippen LogP contribution in [0.1, 0.15) is 36.5 Å². The van der Waals surface area contributed by atoms with Gasteiger partial charge in [0, 0.05) is 28.7 Å². The second kappa shape index (κ2) is 11.7. The van der Waals surface area contributed by atoms with E-state index in [1.165, 1.54) is 7.11 Å². The fourth-order valence-corrected chi connectivity index (χ4v) is 6.03. The normalized spacial score (nSPS) is 15.8. The number of benzene rings is 2. The molecular formula is C31H32Cl2N2O4. The highest BCUT2D eigenvalue weighted by Gasteiger charge is 2.28. The highest BCUT2D eigenvalue weighted by molar-refractivity contribution is 6.35. The van der Waals surface area contributed by atoms with Crippen LogP contribution in [0.4, 0.5) is 0 Å². The van der Waals surface area contributed by atoms with E-state index < -0.39 is 12.0 Å². The summed E-state index contributed by atoms with van der Waals surface area (Å²) in [6, 6.07) is 10.5. The van der Waals surface area contributed by atoms with Crippen molar-refractivity contribution in [2.24, 2.45) is 13.0 Å². The van der Waals surface area contributed by atoms with Gasteiger partial charge in [0.25, 0.3) is 5.56 Å². The lowest BCUT2D eigenvalue weighted by atomic mass is 9.82. The summed E-state index contributed by atoms with van der Waals surface area (Å²) in [4.78, 5) is 26.2. The Hall–Kier alpha value is -3.48. The van der Waals surface area contributed by atoms with Gasteiger partial charge in [0.2, 0.25) is 0 Å². The Morgan fingerprint density at radius 2 is 1.92 bits per heavy atom. The van der Waals surface area contributed by atoms with E-state index in [4.69, 9.17) is 32.7 Å². The molecule has 0 saturated heterocycles. The average Bonchev–Trinajstić information content (AvgIpc) is 2.89. The van der Waals surface area contributed by atoms with Crippen molar-refractivity contribution in [3.8, 4) is 5.75 Å². The maximum atomic E-state index is 13.4. The van der Waals surface area contributed by atoms with E-state index in [0.717, 1.165) is 27.6 Å². The number of carbonyl (C=O) groups excluding carboxylic acids is 1. The third-order valence-corrected chi connectivity index (χ3v) is 7.72. The maximum absolute atomic E-state index is 13.4. The molecule has 0 amide bonds. The van der Waals surface area contributed by atoms with Gasteiger partial charge in [0.05, 0.1) is 30.3 Å². The zero-order chi connectivity index (χ0) is 28.4. The molecule has 2 atom stereocenters. The zero-order valence-electron chi connectivity index (χ0n) is 22.7. The molecule has 0 saturated carbocycles. The molecule has 1 aromatic heterocycles. The predicted molar refractivity (Wildman–Crippen MR) is 159 cm³/mol. The van der Waals surface area contributed by atoms with Crippen LogP contribution < -0.4 is 15.6 Å². The predicted octanol–water partition coefficient (Wildman–Crippen LogP) is 6.70. The highest BCUT2D eigenvalue weighted by atomic mass is 35.5. The molecule has 204 valence electrons. The number of aromatic nitrogens is 1. The molecule has 1 heterocycles. The van der Waals surface area contributed by atoms with Crippen LogP contribution >= 0.6 is 23.2 Å². The first-order chi connectivity index (χ1) is 18.6. The first kappa shape index (κ1) is 28.5. The summed E-state index contributed by atoms with van der Waals surface area (Å²) >= 11 is 12.6. The molecule has 39 heavy (non-hydrogen) atoms. The van der Waals surface area contributed by atoms with E-state index in [9.17, 15) is 9.59 Å². The van der Waals surface area contributed by atoms with Crippen molar-refractivity contribution >= 4 is 51.3 Å². The van der Waals surface area contributed by atoms with E-state index in [1.807, 2.05) is 43.3 Å². The minimum Gasteiger partial charge on any atom is -0.495 e. The van der Waals surface area contributed by atoms with Gasteiger partial charge in [-0.25, -0.2) is 4.79 Å². The molecule has 2 unspecified atom stereocenters. The van der Waals surface area contributed by atoms with Crippen molar-refractivity contribution in [1.29, 1.82) is 0 Å². The molecule has 1 aliphatic rings. The molecule has 0 radical (unpaired) electrons. The van der Waals surface area contributed by atoms with Crippen LogP contribution in [0.2, 0.25) is 10.0 Å². The van der Waals surface area contributed by atoms with Crippen molar-refractivity contribution in [1.82, 2.24) is 9.88 Å². The zero-order valence-corrected chi connectivity index (χ0v) is 24.2. The number of nitrogens with zero attached hydrogens (tertiary/aromatic N) is 1. The molecule has 2 aromatic carbocycles. The minimum atomic E-state index is -0.676. The Balaban J connectivity index is 1.67. The molecule has 0 fully saturated rings. The number of allylic oxidation sites excluding steroid dienone is 3. The Morgan fingerprint density at radius 3 is 2.56 bits per heavy atom. The third-order valence-electron chi connectivity index (χ3n) is 7.20. The Labute approximate surface area is 238 Å². The molecule has 1 aliphatic carbocycles. The first-order valence-corrected chi connectivity index (χ1v) is 13.4. The van der Waals surface area contributed by atoms with Gasteiger partial charge >= 0.3 is 5.97 Å². The molecule has 6 nitrogen and oxygen atoms in total. The van der Waals surface area contributed by atoms with Crippen molar-refractivity contribution in [2.75, 3.05) is 14.2 Å². The third kappa shape index (κ3) is 5.63.